The van der Waals surface area contributed by atoms with Crippen molar-refractivity contribution in [2.24, 2.45) is 0 Å². The number of methoxy groups -OCH3 is 1. The fraction of sp³-hybridized carbons (Fsp3) is 0.417. The van der Waals surface area contributed by atoms with Gasteiger partial charge in [0.2, 0.25) is 0 Å². The molecule has 0 amide bonds. The second-order valence-corrected chi connectivity index (χ2v) is 4.48. The molecule has 0 bridgehead atoms. The highest BCUT2D eigenvalue weighted by atomic mass is 35.5. The average molecular weight is 239 g/mol. The van der Waals surface area contributed by atoms with Crippen LogP contribution in [0.15, 0.2) is 18.2 Å². The zero-order valence-electron chi connectivity index (χ0n) is 9.91. The Bertz CT molecular complexity index is 424. The number of hydrogen-bond acceptors (Lipinski definition) is 3. The molecule has 1 aromatic carbocycles. The van der Waals surface area contributed by atoms with Crippen LogP contribution in [0.5, 0.6) is 5.75 Å². The summed E-state index contributed by atoms with van der Waals surface area (Å²) in [6, 6.07) is 7.58. The van der Waals surface area contributed by atoms with Crippen LogP contribution in [0.1, 0.15) is 13.8 Å². The van der Waals surface area contributed by atoms with Gasteiger partial charge in [0.1, 0.15) is 11.3 Å². The molecule has 0 fully saturated rings. The van der Waals surface area contributed by atoms with Gasteiger partial charge in [-0.3, -0.25) is 0 Å². The number of benzene rings is 1. The highest BCUT2D eigenvalue weighted by molar-refractivity contribution is 6.30. The molecule has 4 heteroatoms. The van der Waals surface area contributed by atoms with Crippen LogP contribution in [-0.4, -0.2) is 19.7 Å². The van der Waals surface area contributed by atoms with Crippen LogP contribution in [0.3, 0.4) is 0 Å². The van der Waals surface area contributed by atoms with Gasteiger partial charge < -0.3 is 9.64 Å². The number of hydrogen-bond donors (Lipinski definition) is 0. The van der Waals surface area contributed by atoms with E-state index >= 15 is 0 Å². The number of halogens is 1. The molecule has 0 spiro atoms. The van der Waals surface area contributed by atoms with E-state index in [1.54, 1.807) is 25.3 Å². The Balaban J connectivity index is 3.22. The molecular weight excluding hydrogens is 224 g/mol. The van der Waals surface area contributed by atoms with Crippen molar-refractivity contribution < 1.29 is 4.74 Å². The second-order valence-electron chi connectivity index (χ2n) is 4.05. The average Bonchev–Trinajstić information content (AvgIpc) is 2.28. The first-order chi connectivity index (χ1) is 7.42. The lowest BCUT2D eigenvalue weighted by Crippen LogP contribution is -2.39. The first-order valence-corrected chi connectivity index (χ1v) is 5.29. The Morgan fingerprint density at radius 2 is 2.06 bits per heavy atom. The predicted molar refractivity (Wildman–Crippen MR) is 66.1 cm³/mol. The number of nitriles is 1. The van der Waals surface area contributed by atoms with Crippen LogP contribution in [0.25, 0.3) is 0 Å². The Kier molecular flexibility index (Phi) is 3.66. The maximum absolute atomic E-state index is 9.09. The van der Waals surface area contributed by atoms with Crippen molar-refractivity contribution in [2.75, 3.05) is 19.1 Å². The fourth-order valence-electron chi connectivity index (χ4n) is 1.30. The van der Waals surface area contributed by atoms with Crippen LogP contribution in [-0.2, 0) is 0 Å². The summed E-state index contributed by atoms with van der Waals surface area (Å²) >= 11 is 5.95. The molecule has 0 unspecified atom stereocenters. The number of ether oxygens (including phenoxy) is 1. The van der Waals surface area contributed by atoms with E-state index in [2.05, 4.69) is 6.07 Å². The van der Waals surface area contributed by atoms with Gasteiger partial charge >= 0.3 is 0 Å². The molecule has 3 nitrogen and oxygen atoms in total. The van der Waals surface area contributed by atoms with E-state index in [1.165, 1.54) is 0 Å². The van der Waals surface area contributed by atoms with E-state index < -0.39 is 5.54 Å². The number of nitrogens with zero attached hydrogens (tertiary/aromatic N) is 2. The van der Waals surface area contributed by atoms with Crippen LogP contribution in [0.4, 0.5) is 5.69 Å². The Morgan fingerprint density at radius 1 is 1.44 bits per heavy atom. The third-order valence-corrected chi connectivity index (χ3v) is 2.85. The molecule has 0 saturated carbocycles. The summed E-state index contributed by atoms with van der Waals surface area (Å²) < 4.78 is 5.25. The number of anilines is 1. The summed E-state index contributed by atoms with van der Waals surface area (Å²) in [4.78, 5) is 1.84. The molecule has 0 saturated heterocycles. The van der Waals surface area contributed by atoms with Crippen LogP contribution >= 0.6 is 11.6 Å². The van der Waals surface area contributed by atoms with Crippen LogP contribution in [0.2, 0.25) is 5.02 Å². The Hall–Kier alpha value is -1.40. The predicted octanol–water partition coefficient (Wildman–Crippen LogP) is 3.09. The SMILES string of the molecule is COc1ccc(Cl)cc1N(C)C(C)(C)C#N. The molecule has 0 heterocycles. The lowest BCUT2D eigenvalue weighted by molar-refractivity contribution is 0.412. The standard InChI is InChI=1S/C12H15ClN2O/c1-12(2,8-14)15(3)10-7-9(13)5-6-11(10)16-4/h5-7H,1-4H3. The van der Waals surface area contributed by atoms with Gasteiger partial charge in [-0.05, 0) is 32.0 Å². The molecule has 16 heavy (non-hydrogen) atoms. The van der Waals surface area contributed by atoms with E-state index in [1.807, 2.05) is 25.8 Å². The monoisotopic (exact) mass is 238 g/mol. The molecule has 0 aromatic heterocycles. The minimum absolute atomic E-state index is 0.613. The van der Waals surface area contributed by atoms with Gasteiger partial charge in [0.15, 0.2) is 0 Å². The zero-order valence-corrected chi connectivity index (χ0v) is 10.7. The maximum atomic E-state index is 9.09. The second kappa shape index (κ2) is 4.63. The van der Waals surface area contributed by atoms with E-state index in [0.717, 1.165) is 5.69 Å². The molecular formula is C12H15ClN2O. The number of rotatable bonds is 3. The molecule has 86 valence electrons. The molecule has 1 aromatic rings. The zero-order chi connectivity index (χ0) is 12.3. The van der Waals surface area contributed by atoms with Crippen LogP contribution < -0.4 is 9.64 Å². The topological polar surface area (TPSA) is 36.3 Å². The van der Waals surface area contributed by atoms with Gasteiger partial charge in [-0.1, -0.05) is 11.6 Å². The first-order valence-electron chi connectivity index (χ1n) is 4.91. The fourth-order valence-corrected chi connectivity index (χ4v) is 1.47. The molecule has 0 atom stereocenters. The van der Waals surface area contributed by atoms with Gasteiger partial charge in [0.25, 0.3) is 0 Å². The van der Waals surface area contributed by atoms with E-state index in [0.29, 0.717) is 10.8 Å². The first kappa shape index (κ1) is 12.7. The molecule has 0 aliphatic rings. The minimum Gasteiger partial charge on any atom is -0.495 e. The van der Waals surface area contributed by atoms with E-state index in [-0.39, 0.29) is 0 Å². The van der Waals surface area contributed by atoms with Gasteiger partial charge in [0, 0.05) is 12.1 Å². The smallest absolute Gasteiger partial charge is 0.142 e. The van der Waals surface area contributed by atoms with E-state index in [9.17, 15) is 0 Å². The lowest BCUT2D eigenvalue weighted by atomic mass is 10.0. The molecule has 0 radical (unpaired) electrons. The largest absolute Gasteiger partial charge is 0.495 e. The summed E-state index contributed by atoms with van der Waals surface area (Å²) in [6.45, 7) is 3.68. The van der Waals surface area contributed by atoms with Gasteiger partial charge in [-0.25, -0.2) is 0 Å². The maximum Gasteiger partial charge on any atom is 0.142 e. The molecule has 1 rings (SSSR count). The highest BCUT2D eigenvalue weighted by Gasteiger charge is 2.25. The van der Waals surface area contributed by atoms with Crippen molar-refractivity contribution in [1.29, 1.82) is 5.26 Å². The summed E-state index contributed by atoms with van der Waals surface area (Å²) in [7, 11) is 3.44. The molecule has 0 aliphatic carbocycles. The summed E-state index contributed by atoms with van der Waals surface area (Å²) in [5.41, 5.74) is 0.194. The van der Waals surface area contributed by atoms with Crippen molar-refractivity contribution in [1.82, 2.24) is 0 Å². The lowest BCUT2D eigenvalue weighted by Gasteiger charge is -2.32. The summed E-state index contributed by atoms with van der Waals surface area (Å²) in [5.74, 6) is 0.704. The summed E-state index contributed by atoms with van der Waals surface area (Å²) in [6.07, 6.45) is 0. The minimum atomic E-state index is -0.613. The van der Waals surface area contributed by atoms with Crippen LogP contribution in [0, 0.1) is 11.3 Å². The van der Waals surface area contributed by atoms with Gasteiger partial charge in [-0.2, -0.15) is 5.26 Å². The van der Waals surface area contributed by atoms with E-state index in [4.69, 9.17) is 21.6 Å². The van der Waals surface area contributed by atoms with Crippen molar-refractivity contribution in [3.8, 4) is 11.8 Å². The van der Waals surface area contributed by atoms with Crippen molar-refractivity contribution in [3.05, 3.63) is 23.2 Å². The molecule has 0 aliphatic heterocycles. The van der Waals surface area contributed by atoms with Gasteiger partial charge in [0.05, 0.1) is 18.9 Å². The third-order valence-electron chi connectivity index (χ3n) is 2.61. The normalized spacial score (nSPS) is 10.8. The highest BCUT2D eigenvalue weighted by Crippen LogP contribution is 2.33. The quantitative estimate of drug-likeness (QED) is 0.812. The van der Waals surface area contributed by atoms with Gasteiger partial charge in [-0.15, -0.1) is 0 Å². The van der Waals surface area contributed by atoms with Crippen molar-refractivity contribution in [2.45, 2.75) is 19.4 Å². The Morgan fingerprint density at radius 3 is 2.56 bits per heavy atom. The summed E-state index contributed by atoms with van der Waals surface area (Å²) in [5, 5.41) is 9.71. The third kappa shape index (κ3) is 2.40. The van der Waals surface area contributed by atoms with Crippen molar-refractivity contribution in [3.63, 3.8) is 0 Å². The Labute approximate surface area is 101 Å². The molecule has 0 N–H and O–H groups in total. The van der Waals surface area contributed by atoms with Crippen molar-refractivity contribution >= 4 is 17.3 Å².